The molecule has 0 saturated heterocycles. The molecule has 0 unspecified atom stereocenters. The van der Waals surface area contributed by atoms with Gasteiger partial charge in [0.25, 0.3) is 5.91 Å². The Morgan fingerprint density at radius 2 is 1.70 bits per heavy atom. The van der Waals surface area contributed by atoms with E-state index in [1.807, 2.05) is 13.8 Å². The molecular formula is C19H24N2O5S. The van der Waals surface area contributed by atoms with Gasteiger partial charge in [0.15, 0.2) is 0 Å². The lowest BCUT2D eigenvalue weighted by atomic mass is 10.2. The normalized spacial score (nSPS) is 11.3. The predicted molar refractivity (Wildman–Crippen MR) is 104 cm³/mol. The third kappa shape index (κ3) is 5.45. The van der Waals surface area contributed by atoms with Gasteiger partial charge in [0.2, 0.25) is 10.0 Å². The first kappa shape index (κ1) is 20.7. The molecule has 0 saturated carbocycles. The number of hydrogen-bond donors (Lipinski definition) is 2. The van der Waals surface area contributed by atoms with Crippen molar-refractivity contribution in [2.45, 2.75) is 18.7 Å². The zero-order valence-electron chi connectivity index (χ0n) is 15.8. The fourth-order valence-corrected chi connectivity index (χ4v) is 3.47. The van der Waals surface area contributed by atoms with Gasteiger partial charge in [-0.05, 0) is 42.3 Å². The molecular weight excluding hydrogens is 368 g/mol. The van der Waals surface area contributed by atoms with E-state index in [-0.39, 0.29) is 16.7 Å². The molecule has 0 aliphatic carbocycles. The SMILES string of the molecule is COc1ccc(OC)c(NC(=O)c2ccc(S(=O)(=O)NCC(C)C)cc2)c1. The van der Waals surface area contributed by atoms with Gasteiger partial charge in [0.1, 0.15) is 11.5 Å². The highest BCUT2D eigenvalue weighted by Crippen LogP contribution is 2.29. The molecule has 7 nitrogen and oxygen atoms in total. The van der Waals surface area contributed by atoms with Crippen LogP contribution in [0.25, 0.3) is 0 Å². The average Bonchev–Trinajstić information content (AvgIpc) is 2.66. The summed E-state index contributed by atoms with van der Waals surface area (Å²) in [5, 5.41) is 2.74. The fourth-order valence-electron chi connectivity index (χ4n) is 2.25. The third-order valence-electron chi connectivity index (χ3n) is 3.76. The molecule has 1 amide bonds. The molecule has 2 N–H and O–H groups in total. The number of anilines is 1. The maximum atomic E-state index is 12.5. The summed E-state index contributed by atoms with van der Waals surface area (Å²) in [7, 11) is -0.566. The minimum absolute atomic E-state index is 0.110. The predicted octanol–water partition coefficient (Wildman–Crippen LogP) is 2.89. The maximum absolute atomic E-state index is 12.5. The molecule has 2 aromatic rings. The summed E-state index contributed by atoms with van der Waals surface area (Å²) in [5.74, 6) is 0.869. The van der Waals surface area contributed by atoms with Gasteiger partial charge < -0.3 is 14.8 Å². The number of hydrogen-bond acceptors (Lipinski definition) is 5. The van der Waals surface area contributed by atoms with Crippen LogP contribution in [0, 0.1) is 5.92 Å². The molecule has 0 radical (unpaired) electrons. The molecule has 0 aromatic heterocycles. The van der Waals surface area contributed by atoms with Crippen molar-refractivity contribution in [3.8, 4) is 11.5 Å². The van der Waals surface area contributed by atoms with E-state index >= 15 is 0 Å². The summed E-state index contributed by atoms with van der Waals surface area (Å²) in [6, 6.07) is 10.8. The molecule has 0 spiro atoms. The molecule has 0 aliphatic heterocycles. The molecule has 0 aliphatic rings. The second kappa shape index (κ2) is 8.88. The first-order valence-electron chi connectivity index (χ1n) is 8.40. The number of ether oxygens (including phenoxy) is 2. The van der Waals surface area contributed by atoms with Crippen molar-refractivity contribution < 1.29 is 22.7 Å². The molecule has 0 fully saturated rings. The van der Waals surface area contributed by atoms with E-state index in [0.717, 1.165) is 0 Å². The lowest BCUT2D eigenvalue weighted by Gasteiger charge is -2.12. The molecule has 2 rings (SSSR count). The van der Waals surface area contributed by atoms with E-state index in [1.165, 1.54) is 38.5 Å². The van der Waals surface area contributed by atoms with Crippen molar-refractivity contribution in [3.05, 3.63) is 48.0 Å². The maximum Gasteiger partial charge on any atom is 0.255 e. The monoisotopic (exact) mass is 392 g/mol. The Bertz CT molecular complexity index is 893. The number of rotatable bonds is 8. The van der Waals surface area contributed by atoms with Crippen molar-refractivity contribution in [2.75, 3.05) is 26.1 Å². The second-order valence-electron chi connectivity index (χ2n) is 6.29. The van der Waals surface area contributed by atoms with Gasteiger partial charge in [0.05, 0.1) is 24.8 Å². The zero-order chi connectivity index (χ0) is 20.0. The lowest BCUT2D eigenvalue weighted by Crippen LogP contribution is -2.27. The number of benzene rings is 2. The standard InChI is InChI=1S/C19H24N2O5S/c1-13(2)12-20-27(23,24)16-8-5-14(6-9-16)19(22)21-17-11-15(25-3)7-10-18(17)26-4/h5-11,13,20H,12H2,1-4H3,(H,21,22). The first-order chi connectivity index (χ1) is 12.8. The van der Waals surface area contributed by atoms with Gasteiger partial charge in [0, 0.05) is 18.2 Å². The van der Waals surface area contributed by atoms with Crippen LogP contribution in [0.4, 0.5) is 5.69 Å². The number of amides is 1. The van der Waals surface area contributed by atoms with Crippen molar-refractivity contribution in [1.82, 2.24) is 4.72 Å². The smallest absolute Gasteiger partial charge is 0.255 e. The minimum Gasteiger partial charge on any atom is -0.497 e. The molecule has 0 atom stereocenters. The number of carbonyl (C=O) groups is 1. The van der Waals surface area contributed by atoms with E-state index in [1.54, 1.807) is 18.2 Å². The van der Waals surface area contributed by atoms with E-state index < -0.39 is 10.0 Å². The summed E-state index contributed by atoms with van der Waals surface area (Å²) >= 11 is 0. The van der Waals surface area contributed by atoms with Crippen LogP contribution in [-0.2, 0) is 10.0 Å². The van der Waals surface area contributed by atoms with Crippen molar-refractivity contribution >= 4 is 21.6 Å². The molecule has 0 bridgehead atoms. The van der Waals surface area contributed by atoms with E-state index in [0.29, 0.717) is 29.3 Å². The van der Waals surface area contributed by atoms with Gasteiger partial charge in [-0.3, -0.25) is 4.79 Å². The van der Waals surface area contributed by atoms with E-state index in [2.05, 4.69) is 10.0 Å². The summed E-state index contributed by atoms with van der Waals surface area (Å²) < 4.78 is 37.4. The quantitative estimate of drug-likeness (QED) is 0.720. The Labute approximate surface area is 159 Å². The highest BCUT2D eigenvalue weighted by molar-refractivity contribution is 7.89. The Morgan fingerprint density at radius 3 is 2.26 bits per heavy atom. The van der Waals surface area contributed by atoms with Crippen LogP contribution in [0.15, 0.2) is 47.4 Å². The highest BCUT2D eigenvalue weighted by atomic mass is 32.2. The Morgan fingerprint density at radius 1 is 1.04 bits per heavy atom. The number of carbonyl (C=O) groups excluding carboxylic acids is 1. The van der Waals surface area contributed by atoms with Crippen LogP contribution in [-0.4, -0.2) is 35.1 Å². The van der Waals surface area contributed by atoms with Crippen molar-refractivity contribution in [2.24, 2.45) is 5.92 Å². The number of sulfonamides is 1. The van der Waals surface area contributed by atoms with Crippen LogP contribution in [0.2, 0.25) is 0 Å². The third-order valence-corrected chi connectivity index (χ3v) is 5.20. The van der Waals surface area contributed by atoms with Crippen LogP contribution in [0.5, 0.6) is 11.5 Å². The number of nitrogens with one attached hydrogen (secondary N) is 2. The van der Waals surface area contributed by atoms with E-state index in [4.69, 9.17) is 9.47 Å². The van der Waals surface area contributed by atoms with Gasteiger partial charge in [-0.2, -0.15) is 0 Å². The lowest BCUT2D eigenvalue weighted by molar-refractivity contribution is 0.102. The van der Waals surface area contributed by atoms with Gasteiger partial charge in [-0.25, -0.2) is 13.1 Å². The topological polar surface area (TPSA) is 93.7 Å². The van der Waals surface area contributed by atoms with Crippen LogP contribution in [0.3, 0.4) is 0 Å². The molecule has 2 aromatic carbocycles. The Kier molecular flexibility index (Phi) is 6.81. The van der Waals surface area contributed by atoms with Crippen LogP contribution < -0.4 is 19.5 Å². The van der Waals surface area contributed by atoms with Gasteiger partial charge in [-0.1, -0.05) is 13.8 Å². The summed E-state index contributed by atoms with van der Waals surface area (Å²) in [4.78, 5) is 12.6. The summed E-state index contributed by atoms with van der Waals surface area (Å²) in [6.07, 6.45) is 0. The minimum atomic E-state index is -3.59. The largest absolute Gasteiger partial charge is 0.497 e. The van der Waals surface area contributed by atoms with Crippen LogP contribution in [0.1, 0.15) is 24.2 Å². The molecule has 0 heterocycles. The molecule has 146 valence electrons. The Hall–Kier alpha value is -2.58. The summed E-state index contributed by atoms with van der Waals surface area (Å²) in [5.41, 5.74) is 0.778. The van der Waals surface area contributed by atoms with Gasteiger partial charge in [-0.15, -0.1) is 0 Å². The summed E-state index contributed by atoms with van der Waals surface area (Å²) in [6.45, 7) is 4.19. The Balaban J connectivity index is 2.17. The molecule has 8 heteroatoms. The average molecular weight is 392 g/mol. The van der Waals surface area contributed by atoms with Crippen molar-refractivity contribution in [3.63, 3.8) is 0 Å². The highest BCUT2D eigenvalue weighted by Gasteiger charge is 2.16. The first-order valence-corrected chi connectivity index (χ1v) is 9.88. The zero-order valence-corrected chi connectivity index (χ0v) is 16.6. The van der Waals surface area contributed by atoms with Crippen molar-refractivity contribution in [1.29, 1.82) is 0 Å². The van der Waals surface area contributed by atoms with Crippen LogP contribution >= 0.6 is 0 Å². The second-order valence-corrected chi connectivity index (χ2v) is 8.06. The fraction of sp³-hybridized carbons (Fsp3) is 0.316. The molecule has 27 heavy (non-hydrogen) atoms. The number of methoxy groups -OCH3 is 2. The van der Waals surface area contributed by atoms with Gasteiger partial charge >= 0.3 is 0 Å². The van der Waals surface area contributed by atoms with E-state index in [9.17, 15) is 13.2 Å².